The fourth-order valence-electron chi connectivity index (χ4n) is 2.53. The number of hydrogen-bond acceptors (Lipinski definition) is 5. The van der Waals surface area contributed by atoms with E-state index < -0.39 is 0 Å². The van der Waals surface area contributed by atoms with Crippen molar-refractivity contribution in [2.45, 2.75) is 26.0 Å². The van der Waals surface area contributed by atoms with Gasteiger partial charge in [0.1, 0.15) is 11.9 Å². The van der Waals surface area contributed by atoms with Gasteiger partial charge in [-0.05, 0) is 26.0 Å². The molecule has 2 N–H and O–H groups in total. The monoisotopic (exact) mass is 315 g/mol. The van der Waals surface area contributed by atoms with Crippen molar-refractivity contribution in [3.05, 3.63) is 41.5 Å². The number of aromatic nitrogens is 3. The standard InChI is InChI=1S/C16H21N5O2/c1-11-15(10-20-21(11)2)16(22)19-8-12-7-13(4-6-18-12)23-14-3-5-17-9-14/h4,6-7,10,14,17H,3,5,8-9H2,1-2H3,(H,19,22). The van der Waals surface area contributed by atoms with Gasteiger partial charge in [-0.1, -0.05) is 0 Å². The molecule has 1 fully saturated rings. The van der Waals surface area contributed by atoms with Crippen LogP contribution < -0.4 is 15.4 Å². The number of amides is 1. The quantitative estimate of drug-likeness (QED) is 0.853. The van der Waals surface area contributed by atoms with Crippen LogP contribution >= 0.6 is 0 Å². The van der Waals surface area contributed by atoms with Crippen molar-refractivity contribution in [3.63, 3.8) is 0 Å². The SMILES string of the molecule is Cc1c(C(=O)NCc2cc(OC3CCNC3)ccn2)cnn1C. The molecular weight excluding hydrogens is 294 g/mol. The second-order valence-corrected chi connectivity index (χ2v) is 5.67. The lowest BCUT2D eigenvalue weighted by Crippen LogP contribution is -2.24. The molecule has 1 aliphatic rings. The minimum absolute atomic E-state index is 0.149. The lowest BCUT2D eigenvalue weighted by molar-refractivity contribution is 0.0949. The molecule has 0 aliphatic carbocycles. The van der Waals surface area contributed by atoms with Crippen LogP contribution in [-0.4, -0.2) is 39.9 Å². The van der Waals surface area contributed by atoms with E-state index in [4.69, 9.17) is 4.74 Å². The van der Waals surface area contributed by atoms with Crippen LogP contribution in [0.1, 0.15) is 28.2 Å². The highest BCUT2D eigenvalue weighted by molar-refractivity contribution is 5.94. The summed E-state index contributed by atoms with van der Waals surface area (Å²) >= 11 is 0. The van der Waals surface area contributed by atoms with Gasteiger partial charge in [0.15, 0.2) is 0 Å². The Hall–Kier alpha value is -2.41. The highest BCUT2D eigenvalue weighted by atomic mass is 16.5. The van der Waals surface area contributed by atoms with Crippen LogP contribution in [0.15, 0.2) is 24.5 Å². The van der Waals surface area contributed by atoms with E-state index in [1.165, 1.54) is 0 Å². The summed E-state index contributed by atoms with van der Waals surface area (Å²) < 4.78 is 7.58. The first kappa shape index (κ1) is 15.5. The normalized spacial score (nSPS) is 17.2. The van der Waals surface area contributed by atoms with Gasteiger partial charge < -0.3 is 15.4 Å². The molecule has 0 bridgehead atoms. The van der Waals surface area contributed by atoms with Crippen LogP contribution in [0.25, 0.3) is 0 Å². The molecule has 3 rings (SSSR count). The van der Waals surface area contributed by atoms with Crippen molar-refractivity contribution < 1.29 is 9.53 Å². The van der Waals surface area contributed by atoms with Crippen LogP contribution in [0.3, 0.4) is 0 Å². The molecule has 1 aliphatic heterocycles. The Morgan fingerprint density at radius 2 is 2.43 bits per heavy atom. The molecule has 0 radical (unpaired) electrons. The average molecular weight is 315 g/mol. The minimum atomic E-state index is -0.149. The zero-order valence-corrected chi connectivity index (χ0v) is 13.4. The number of carbonyl (C=O) groups is 1. The second-order valence-electron chi connectivity index (χ2n) is 5.67. The predicted molar refractivity (Wildman–Crippen MR) is 85.3 cm³/mol. The topological polar surface area (TPSA) is 81.1 Å². The molecule has 0 saturated carbocycles. The van der Waals surface area contributed by atoms with E-state index in [1.807, 2.05) is 26.1 Å². The molecule has 2 aromatic heterocycles. The molecule has 0 aromatic carbocycles. The Morgan fingerprint density at radius 3 is 3.13 bits per heavy atom. The number of aryl methyl sites for hydroxylation is 1. The molecule has 7 heteroatoms. The number of nitrogens with one attached hydrogen (secondary N) is 2. The van der Waals surface area contributed by atoms with Crippen molar-refractivity contribution in [2.24, 2.45) is 7.05 Å². The molecular formula is C16H21N5O2. The van der Waals surface area contributed by atoms with E-state index in [-0.39, 0.29) is 12.0 Å². The Bertz CT molecular complexity index is 692. The number of rotatable bonds is 5. The van der Waals surface area contributed by atoms with E-state index in [1.54, 1.807) is 17.1 Å². The molecule has 122 valence electrons. The molecule has 1 unspecified atom stereocenters. The summed E-state index contributed by atoms with van der Waals surface area (Å²) in [4.78, 5) is 16.5. The Labute approximate surface area is 135 Å². The summed E-state index contributed by atoms with van der Waals surface area (Å²) in [7, 11) is 1.81. The van der Waals surface area contributed by atoms with Crippen LogP contribution in [-0.2, 0) is 13.6 Å². The fraction of sp³-hybridized carbons (Fsp3) is 0.438. The first-order valence-electron chi connectivity index (χ1n) is 7.72. The van der Waals surface area contributed by atoms with Gasteiger partial charge in [-0.2, -0.15) is 5.10 Å². The third kappa shape index (κ3) is 3.68. The van der Waals surface area contributed by atoms with Gasteiger partial charge in [-0.25, -0.2) is 0 Å². The third-order valence-corrected chi connectivity index (χ3v) is 4.02. The Morgan fingerprint density at radius 1 is 1.57 bits per heavy atom. The van der Waals surface area contributed by atoms with Gasteiger partial charge in [-0.15, -0.1) is 0 Å². The lowest BCUT2D eigenvalue weighted by atomic mass is 10.2. The van der Waals surface area contributed by atoms with E-state index in [0.29, 0.717) is 12.1 Å². The summed E-state index contributed by atoms with van der Waals surface area (Å²) in [5.74, 6) is 0.638. The molecule has 2 aromatic rings. The molecule has 1 atom stereocenters. The lowest BCUT2D eigenvalue weighted by Gasteiger charge is -2.13. The van der Waals surface area contributed by atoms with Crippen molar-refractivity contribution in [1.29, 1.82) is 0 Å². The summed E-state index contributed by atoms with van der Waals surface area (Å²) in [6, 6.07) is 3.71. The van der Waals surface area contributed by atoms with E-state index in [2.05, 4.69) is 20.7 Å². The third-order valence-electron chi connectivity index (χ3n) is 4.02. The summed E-state index contributed by atoms with van der Waals surface area (Å²) in [5.41, 5.74) is 2.18. The first-order valence-corrected chi connectivity index (χ1v) is 7.72. The zero-order valence-electron chi connectivity index (χ0n) is 13.4. The molecule has 7 nitrogen and oxygen atoms in total. The van der Waals surface area contributed by atoms with Crippen LogP contribution in [0.5, 0.6) is 5.75 Å². The highest BCUT2D eigenvalue weighted by Crippen LogP contribution is 2.15. The molecule has 1 amide bonds. The maximum atomic E-state index is 12.2. The van der Waals surface area contributed by atoms with Gasteiger partial charge >= 0.3 is 0 Å². The number of hydrogen-bond donors (Lipinski definition) is 2. The second kappa shape index (κ2) is 6.78. The van der Waals surface area contributed by atoms with E-state index >= 15 is 0 Å². The molecule has 0 spiro atoms. The Balaban J connectivity index is 1.59. The maximum absolute atomic E-state index is 12.2. The van der Waals surface area contributed by atoms with Crippen molar-refractivity contribution >= 4 is 5.91 Å². The van der Waals surface area contributed by atoms with Gasteiger partial charge in [0.05, 0.1) is 24.0 Å². The minimum Gasteiger partial charge on any atom is -0.489 e. The number of pyridine rings is 1. The molecule has 3 heterocycles. The fourth-order valence-corrected chi connectivity index (χ4v) is 2.53. The molecule has 23 heavy (non-hydrogen) atoms. The van der Waals surface area contributed by atoms with Crippen LogP contribution in [0, 0.1) is 6.92 Å². The van der Waals surface area contributed by atoms with Gasteiger partial charge in [0.25, 0.3) is 5.91 Å². The largest absolute Gasteiger partial charge is 0.489 e. The summed E-state index contributed by atoms with van der Waals surface area (Å²) in [6.07, 6.45) is 4.49. The van der Waals surface area contributed by atoms with E-state index in [9.17, 15) is 4.79 Å². The van der Waals surface area contributed by atoms with E-state index in [0.717, 1.165) is 36.6 Å². The van der Waals surface area contributed by atoms with Crippen LogP contribution in [0.2, 0.25) is 0 Å². The zero-order chi connectivity index (χ0) is 16.2. The smallest absolute Gasteiger partial charge is 0.255 e. The van der Waals surface area contributed by atoms with Gasteiger partial charge in [-0.3, -0.25) is 14.5 Å². The Kier molecular flexibility index (Phi) is 4.57. The van der Waals surface area contributed by atoms with Crippen molar-refractivity contribution in [1.82, 2.24) is 25.4 Å². The first-order chi connectivity index (χ1) is 11.1. The number of ether oxygens (including phenoxy) is 1. The predicted octanol–water partition coefficient (Wildman–Crippen LogP) is 0.794. The summed E-state index contributed by atoms with van der Waals surface area (Å²) in [5, 5.41) is 10.2. The maximum Gasteiger partial charge on any atom is 0.255 e. The van der Waals surface area contributed by atoms with Crippen molar-refractivity contribution in [2.75, 3.05) is 13.1 Å². The summed E-state index contributed by atoms with van der Waals surface area (Å²) in [6.45, 7) is 4.08. The van der Waals surface area contributed by atoms with Gasteiger partial charge in [0, 0.05) is 31.5 Å². The van der Waals surface area contributed by atoms with Crippen molar-refractivity contribution in [3.8, 4) is 5.75 Å². The van der Waals surface area contributed by atoms with Gasteiger partial charge in [0.2, 0.25) is 0 Å². The average Bonchev–Trinajstić information content (AvgIpc) is 3.17. The highest BCUT2D eigenvalue weighted by Gasteiger charge is 2.16. The van der Waals surface area contributed by atoms with Crippen LogP contribution in [0.4, 0.5) is 0 Å². The molecule has 1 saturated heterocycles. The number of nitrogens with zero attached hydrogens (tertiary/aromatic N) is 3. The number of carbonyl (C=O) groups excluding carboxylic acids is 1.